The number of imidazole rings is 1. The molecule has 0 aliphatic heterocycles. The van der Waals surface area contributed by atoms with Gasteiger partial charge in [0.2, 0.25) is 0 Å². The first-order chi connectivity index (χ1) is 10.1. The highest BCUT2D eigenvalue weighted by molar-refractivity contribution is 9.10. The Bertz CT molecular complexity index is 583. The number of aryl methyl sites for hydroxylation is 1. The normalized spacial score (nSPS) is 12.6. The largest absolute Gasteiger partial charge is 0.344 e. The fourth-order valence-corrected chi connectivity index (χ4v) is 2.80. The number of nitrogens with zero attached hydrogens (tertiary/aromatic N) is 1. The van der Waals surface area contributed by atoms with Crippen LogP contribution in [0.1, 0.15) is 49.8 Å². The van der Waals surface area contributed by atoms with Crippen LogP contribution in [0.15, 0.2) is 28.7 Å². The molecule has 1 aromatic carbocycles. The van der Waals surface area contributed by atoms with Gasteiger partial charge in [0.1, 0.15) is 5.82 Å². The van der Waals surface area contributed by atoms with Crippen LogP contribution in [0, 0.1) is 0 Å². The van der Waals surface area contributed by atoms with Gasteiger partial charge in [-0.15, -0.1) is 0 Å². The number of benzene rings is 1. The molecule has 21 heavy (non-hydrogen) atoms. The summed E-state index contributed by atoms with van der Waals surface area (Å²) in [6, 6.07) is 8.56. The van der Waals surface area contributed by atoms with Crippen molar-refractivity contribution >= 4 is 27.5 Å². The van der Waals surface area contributed by atoms with Gasteiger partial charge in [0.05, 0.1) is 5.69 Å². The zero-order chi connectivity index (χ0) is 15.2. The molecule has 5 heteroatoms. The zero-order valence-corrected chi connectivity index (χ0v) is 14.8. The molecule has 2 N–H and O–H groups in total. The molecule has 0 aliphatic carbocycles. The number of aromatic amines is 1. The smallest absolute Gasteiger partial charge is 0.151 e. The van der Waals surface area contributed by atoms with E-state index in [4.69, 9.17) is 11.6 Å². The molecule has 0 bridgehead atoms. The number of halogens is 2. The molecule has 2 aromatic rings. The Hall–Kier alpha value is -0.840. The number of hydrogen-bond donors (Lipinski definition) is 2. The van der Waals surface area contributed by atoms with Crippen molar-refractivity contribution < 1.29 is 0 Å². The lowest BCUT2D eigenvalue weighted by molar-refractivity contribution is 0.568. The van der Waals surface area contributed by atoms with E-state index in [9.17, 15) is 0 Å². The summed E-state index contributed by atoms with van der Waals surface area (Å²) in [5.41, 5.74) is 2.20. The maximum atomic E-state index is 6.19. The SMILES string of the molecule is CCCCc1nc(Cl)c(CN[C@H](C)c2cccc(Br)c2)[nH]1. The predicted octanol–water partition coefficient (Wildman–Crippen LogP) is 5.02. The highest BCUT2D eigenvalue weighted by Gasteiger charge is 2.10. The molecular formula is C16H21BrClN3. The Morgan fingerprint density at radius 1 is 1.43 bits per heavy atom. The minimum absolute atomic E-state index is 0.251. The van der Waals surface area contributed by atoms with Gasteiger partial charge >= 0.3 is 0 Å². The summed E-state index contributed by atoms with van der Waals surface area (Å²) in [6.45, 7) is 5.00. The molecule has 3 nitrogen and oxygen atoms in total. The van der Waals surface area contributed by atoms with Crippen molar-refractivity contribution in [2.24, 2.45) is 0 Å². The fourth-order valence-electron chi connectivity index (χ4n) is 2.17. The van der Waals surface area contributed by atoms with E-state index < -0.39 is 0 Å². The molecule has 1 aromatic heterocycles. The summed E-state index contributed by atoms with van der Waals surface area (Å²) in [5.74, 6) is 0.980. The summed E-state index contributed by atoms with van der Waals surface area (Å²) in [6.07, 6.45) is 3.24. The second-order valence-corrected chi connectivity index (χ2v) is 6.49. The molecule has 0 spiro atoms. The van der Waals surface area contributed by atoms with Gasteiger partial charge in [-0.05, 0) is 31.0 Å². The van der Waals surface area contributed by atoms with E-state index in [1.54, 1.807) is 0 Å². The Kier molecular flexibility index (Phi) is 6.27. The molecule has 1 heterocycles. The van der Waals surface area contributed by atoms with Crippen LogP contribution in [0.5, 0.6) is 0 Å². The average molecular weight is 371 g/mol. The molecule has 114 valence electrons. The van der Waals surface area contributed by atoms with Crippen molar-refractivity contribution in [3.8, 4) is 0 Å². The van der Waals surface area contributed by atoms with Gasteiger partial charge in [0, 0.05) is 23.5 Å². The van der Waals surface area contributed by atoms with Crippen molar-refractivity contribution in [1.29, 1.82) is 0 Å². The first-order valence-electron chi connectivity index (χ1n) is 7.32. The molecule has 0 radical (unpaired) electrons. The summed E-state index contributed by atoms with van der Waals surface area (Å²) in [4.78, 5) is 7.69. The van der Waals surface area contributed by atoms with Crippen molar-refractivity contribution in [2.45, 2.75) is 45.7 Å². The van der Waals surface area contributed by atoms with Gasteiger partial charge in [-0.1, -0.05) is 53.0 Å². The van der Waals surface area contributed by atoms with E-state index in [0.717, 1.165) is 35.3 Å². The highest BCUT2D eigenvalue weighted by Crippen LogP contribution is 2.19. The van der Waals surface area contributed by atoms with Gasteiger partial charge in [0.25, 0.3) is 0 Å². The van der Waals surface area contributed by atoms with E-state index in [2.05, 4.69) is 57.2 Å². The Balaban J connectivity index is 1.94. The maximum Gasteiger partial charge on any atom is 0.151 e. The summed E-state index contributed by atoms with van der Waals surface area (Å²) < 4.78 is 1.09. The zero-order valence-electron chi connectivity index (χ0n) is 12.4. The first-order valence-corrected chi connectivity index (χ1v) is 8.49. The third kappa shape index (κ3) is 4.83. The van der Waals surface area contributed by atoms with Crippen molar-refractivity contribution in [1.82, 2.24) is 15.3 Å². The number of H-pyrrole nitrogens is 1. The van der Waals surface area contributed by atoms with E-state index in [1.807, 2.05) is 12.1 Å². The molecule has 1 atom stereocenters. The van der Waals surface area contributed by atoms with Crippen LogP contribution in [0.4, 0.5) is 0 Å². The van der Waals surface area contributed by atoms with E-state index >= 15 is 0 Å². The maximum absolute atomic E-state index is 6.19. The van der Waals surface area contributed by atoms with Crippen molar-refractivity contribution in [2.75, 3.05) is 0 Å². The lowest BCUT2D eigenvalue weighted by Gasteiger charge is -2.14. The lowest BCUT2D eigenvalue weighted by atomic mass is 10.1. The average Bonchev–Trinajstić information content (AvgIpc) is 2.83. The van der Waals surface area contributed by atoms with Crippen LogP contribution in [0.25, 0.3) is 0 Å². The second kappa shape index (κ2) is 7.97. The van der Waals surface area contributed by atoms with Gasteiger partial charge in [0.15, 0.2) is 5.15 Å². The van der Waals surface area contributed by atoms with E-state index in [-0.39, 0.29) is 6.04 Å². The monoisotopic (exact) mass is 369 g/mol. The Labute approximate surface area is 139 Å². The minimum Gasteiger partial charge on any atom is -0.344 e. The number of hydrogen-bond acceptors (Lipinski definition) is 2. The van der Waals surface area contributed by atoms with Gasteiger partial charge in [-0.2, -0.15) is 0 Å². The van der Waals surface area contributed by atoms with Crippen LogP contribution < -0.4 is 5.32 Å². The lowest BCUT2D eigenvalue weighted by Crippen LogP contribution is -2.18. The molecule has 0 aliphatic rings. The third-order valence-corrected chi connectivity index (χ3v) is 4.28. The van der Waals surface area contributed by atoms with Gasteiger partial charge in [-0.3, -0.25) is 0 Å². The molecule has 0 saturated carbocycles. The first kappa shape index (κ1) is 16.5. The van der Waals surface area contributed by atoms with Crippen LogP contribution in [-0.2, 0) is 13.0 Å². The van der Waals surface area contributed by atoms with Gasteiger partial charge in [-0.25, -0.2) is 4.98 Å². The second-order valence-electron chi connectivity index (χ2n) is 5.21. The van der Waals surface area contributed by atoms with Crippen LogP contribution in [-0.4, -0.2) is 9.97 Å². The molecule has 0 amide bonds. The van der Waals surface area contributed by atoms with Crippen LogP contribution in [0.3, 0.4) is 0 Å². The molecule has 2 rings (SSSR count). The summed E-state index contributed by atoms with van der Waals surface area (Å²) in [7, 11) is 0. The predicted molar refractivity (Wildman–Crippen MR) is 91.6 cm³/mol. The number of nitrogens with one attached hydrogen (secondary N) is 2. The van der Waals surface area contributed by atoms with Crippen molar-refractivity contribution in [3.63, 3.8) is 0 Å². The van der Waals surface area contributed by atoms with E-state index in [1.165, 1.54) is 5.56 Å². The molecular weight excluding hydrogens is 350 g/mol. The van der Waals surface area contributed by atoms with Crippen LogP contribution in [0.2, 0.25) is 5.15 Å². The standard InChI is InChI=1S/C16H21BrClN3/c1-3-4-8-15-20-14(16(18)21-15)10-19-11(2)12-6-5-7-13(17)9-12/h5-7,9,11,19H,3-4,8,10H2,1-2H3,(H,20,21)/t11-/m1/s1. The number of rotatable bonds is 7. The van der Waals surface area contributed by atoms with Crippen LogP contribution >= 0.6 is 27.5 Å². The quantitative estimate of drug-likeness (QED) is 0.718. The fraction of sp³-hybridized carbons (Fsp3) is 0.438. The number of unbranched alkanes of at least 4 members (excludes halogenated alkanes) is 1. The van der Waals surface area contributed by atoms with Gasteiger partial charge < -0.3 is 10.3 Å². The Morgan fingerprint density at radius 3 is 2.95 bits per heavy atom. The Morgan fingerprint density at radius 2 is 2.24 bits per heavy atom. The molecule has 0 unspecified atom stereocenters. The minimum atomic E-state index is 0.251. The summed E-state index contributed by atoms with van der Waals surface area (Å²) in [5, 5.41) is 4.05. The third-order valence-electron chi connectivity index (χ3n) is 3.48. The number of aromatic nitrogens is 2. The van der Waals surface area contributed by atoms with Crippen molar-refractivity contribution in [3.05, 3.63) is 51.0 Å². The topological polar surface area (TPSA) is 40.7 Å². The molecule has 0 fully saturated rings. The highest BCUT2D eigenvalue weighted by atomic mass is 79.9. The molecule has 0 saturated heterocycles. The van der Waals surface area contributed by atoms with E-state index in [0.29, 0.717) is 11.7 Å². The summed E-state index contributed by atoms with van der Waals surface area (Å²) >= 11 is 9.69.